The molecule has 0 saturated carbocycles. The Morgan fingerprint density at radius 2 is 1.73 bits per heavy atom. The van der Waals surface area contributed by atoms with Gasteiger partial charge in [-0.1, -0.05) is 26.8 Å². The van der Waals surface area contributed by atoms with E-state index >= 15 is 0 Å². The van der Waals surface area contributed by atoms with E-state index in [1.807, 2.05) is 20.8 Å². The molecule has 0 aromatic heterocycles. The van der Waals surface area contributed by atoms with Crippen LogP contribution in [0.25, 0.3) is 0 Å². The minimum Gasteiger partial charge on any atom is -0.339 e. The van der Waals surface area contributed by atoms with Crippen LogP contribution in [0.3, 0.4) is 0 Å². The predicted octanol–water partition coefficient (Wildman–Crippen LogP) is 2.64. The zero-order valence-electron chi connectivity index (χ0n) is 13.6. The second-order valence-electron chi connectivity index (χ2n) is 5.22. The fraction of sp³-hybridized carbons (Fsp3) is 0.562. The Hall–Kier alpha value is -1.40. The van der Waals surface area contributed by atoms with Crippen molar-refractivity contribution in [3.05, 3.63) is 29.8 Å². The number of carbonyl (C=O) groups excluding carboxylic acids is 1. The van der Waals surface area contributed by atoms with Gasteiger partial charge >= 0.3 is 0 Å². The molecule has 0 spiro atoms. The molecule has 1 N–H and O–H groups in total. The van der Waals surface area contributed by atoms with E-state index in [1.165, 1.54) is 12.1 Å². The van der Waals surface area contributed by atoms with Crippen molar-refractivity contribution in [1.29, 1.82) is 0 Å². The predicted molar refractivity (Wildman–Crippen MR) is 88.4 cm³/mol. The SMILES string of the molecule is CCCNS(=O)(=O)c1cccc(C(=O)N(CCC)CCC)c1. The molecule has 0 atom stereocenters. The van der Waals surface area contributed by atoms with E-state index in [-0.39, 0.29) is 10.8 Å². The summed E-state index contributed by atoms with van der Waals surface area (Å²) in [6.07, 6.45) is 2.47. The molecular weight excluding hydrogens is 300 g/mol. The number of hydrogen-bond acceptors (Lipinski definition) is 3. The molecule has 0 fully saturated rings. The quantitative estimate of drug-likeness (QED) is 0.758. The first-order valence-corrected chi connectivity index (χ1v) is 9.33. The third-order valence-corrected chi connectivity index (χ3v) is 4.67. The maximum Gasteiger partial charge on any atom is 0.253 e. The molecule has 1 aromatic carbocycles. The lowest BCUT2D eigenvalue weighted by Gasteiger charge is -2.21. The molecular formula is C16H26N2O3S. The van der Waals surface area contributed by atoms with Crippen LogP contribution in [0.5, 0.6) is 0 Å². The van der Waals surface area contributed by atoms with Gasteiger partial charge in [0.1, 0.15) is 0 Å². The standard InChI is InChI=1S/C16H26N2O3S/c1-4-10-17-22(20,21)15-9-7-8-14(13-15)16(19)18(11-5-2)12-6-3/h7-9,13,17H,4-6,10-12H2,1-3H3. The van der Waals surface area contributed by atoms with Crippen LogP contribution in [0.4, 0.5) is 0 Å². The highest BCUT2D eigenvalue weighted by atomic mass is 32.2. The van der Waals surface area contributed by atoms with Crippen molar-refractivity contribution in [3.63, 3.8) is 0 Å². The largest absolute Gasteiger partial charge is 0.339 e. The van der Waals surface area contributed by atoms with Crippen LogP contribution in [0.15, 0.2) is 29.2 Å². The lowest BCUT2D eigenvalue weighted by Crippen LogP contribution is -2.32. The maximum atomic E-state index is 12.5. The van der Waals surface area contributed by atoms with Gasteiger partial charge in [0.2, 0.25) is 10.0 Å². The summed E-state index contributed by atoms with van der Waals surface area (Å²) in [7, 11) is -3.55. The van der Waals surface area contributed by atoms with Crippen molar-refractivity contribution >= 4 is 15.9 Å². The number of nitrogens with one attached hydrogen (secondary N) is 1. The summed E-state index contributed by atoms with van der Waals surface area (Å²) < 4.78 is 26.8. The van der Waals surface area contributed by atoms with E-state index in [1.54, 1.807) is 17.0 Å². The highest BCUT2D eigenvalue weighted by molar-refractivity contribution is 7.89. The first kappa shape index (κ1) is 18.6. The Balaban J connectivity index is 3.02. The molecule has 0 bridgehead atoms. The first-order chi connectivity index (χ1) is 10.5. The molecule has 6 heteroatoms. The Bertz CT molecular complexity index is 579. The zero-order valence-corrected chi connectivity index (χ0v) is 14.4. The van der Waals surface area contributed by atoms with E-state index in [9.17, 15) is 13.2 Å². The monoisotopic (exact) mass is 326 g/mol. The fourth-order valence-corrected chi connectivity index (χ4v) is 3.33. The van der Waals surface area contributed by atoms with Crippen molar-refractivity contribution in [2.75, 3.05) is 19.6 Å². The van der Waals surface area contributed by atoms with Crippen LogP contribution >= 0.6 is 0 Å². The smallest absolute Gasteiger partial charge is 0.253 e. The van der Waals surface area contributed by atoms with Gasteiger partial charge < -0.3 is 4.90 Å². The van der Waals surface area contributed by atoms with Gasteiger partial charge in [0, 0.05) is 25.2 Å². The Morgan fingerprint density at radius 1 is 1.09 bits per heavy atom. The zero-order chi connectivity index (χ0) is 16.6. The lowest BCUT2D eigenvalue weighted by molar-refractivity contribution is 0.0755. The van der Waals surface area contributed by atoms with Gasteiger partial charge in [-0.15, -0.1) is 0 Å². The summed E-state index contributed by atoms with van der Waals surface area (Å²) in [5.74, 6) is -0.115. The summed E-state index contributed by atoms with van der Waals surface area (Å²) in [6, 6.07) is 6.25. The Morgan fingerprint density at radius 3 is 2.27 bits per heavy atom. The van der Waals surface area contributed by atoms with Crippen molar-refractivity contribution in [2.45, 2.75) is 44.9 Å². The number of sulfonamides is 1. The molecule has 0 radical (unpaired) electrons. The van der Waals surface area contributed by atoms with Crippen LogP contribution in [0, 0.1) is 0 Å². The average Bonchev–Trinajstić information content (AvgIpc) is 2.52. The topological polar surface area (TPSA) is 66.5 Å². The molecule has 0 aliphatic heterocycles. The van der Waals surface area contributed by atoms with Gasteiger partial charge in [0.15, 0.2) is 0 Å². The van der Waals surface area contributed by atoms with Crippen molar-refractivity contribution in [3.8, 4) is 0 Å². The van der Waals surface area contributed by atoms with Gasteiger partial charge in [-0.25, -0.2) is 13.1 Å². The summed E-state index contributed by atoms with van der Waals surface area (Å²) in [6.45, 7) is 7.68. The molecule has 1 aromatic rings. The summed E-state index contributed by atoms with van der Waals surface area (Å²) in [5, 5.41) is 0. The Kier molecular flexibility index (Phi) is 7.55. The molecule has 0 heterocycles. The highest BCUT2D eigenvalue weighted by Crippen LogP contribution is 2.14. The number of rotatable bonds is 9. The molecule has 0 saturated heterocycles. The molecule has 22 heavy (non-hydrogen) atoms. The normalized spacial score (nSPS) is 11.4. The van der Waals surface area contributed by atoms with Crippen LogP contribution in [-0.2, 0) is 10.0 Å². The van der Waals surface area contributed by atoms with E-state index in [2.05, 4.69) is 4.72 Å². The van der Waals surface area contributed by atoms with Crippen molar-refractivity contribution in [2.24, 2.45) is 0 Å². The first-order valence-electron chi connectivity index (χ1n) is 7.85. The summed E-state index contributed by atoms with van der Waals surface area (Å²) >= 11 is 0. The van der Waals surface area contributed by atoms with Gasteiger partial charge in [0.05, 0.1) is 4.90 Å². The molecule has 124 valence electrons. The van der Waals surface area contributed by atoms with Gasteiger partial charge in [0.25, 0.3) is 5.91 Å². The summed E-state index contributed by atoms with van der Waals surface area (Å²) in [4.78, 5) is 14.4. The molecule has 5 nitrogen and oxygen atoms in total. The number of carbonyl (C=O) groups is 1. The molecule has 1 amide bonds. The number of amides is 1. The van der Waals surface area contributed by atoms with Crippen LogP contribution in [0.1, 0.15) is 50.4 Å². The number of hydrogen-bond donors (Lipinski definition) is 1. The summed E-state index contributed by atoms with van der Waals surface area (Å²) in [5.41, 5.74) is 0.418. The second-order valence-corrected chi connectivity index (χ2v) is 6.98. The van der Waals surface area contributed by atoms with E-state index in [4.69, 9.17) is 0 Å². The van der Waals surface area contributed by atoms with Crippen molar-refractivity contribution < 1.29 is 13.2 Å². The van der Waals surface area contributed by atoms with E-state index < -0.39 is 10.0 Å². The molecule has 0 unspecified atom stereocenters. The minimum atomic E-state index is -3.55. The Labute approximate surface area is 133 Å². The third kappa shape index (κ3) is 5.10. The lowest BCUT2D eigenvalue weighted by atomic mass is 10.2. The fourth-order valence-electron chi connectivity index (χ4n) is 2.15. The van der Waals surface area contributed by atoms with E-state index in [0.29, 0.717) is 25.2 Å². The van der Waals surface area contributed by atoms with E-state index in [0.717, 1.165) is 19.3 Å². The van der Waals surface area contributed by atoms with Gasteiger partial charge in [-0.05, 0) is 37.5 Å². The van der Waals surface area contributed by atoms with Crippen molar-refractivity contribution in [1.82, 2.24) is 9.62 Å². The molecule has 0 aliphatic carbocycles. The maximum absolute atomic E-state index is 12.5. The second kappa shape index (κ2) is 8.90. The van der Waals surface area contributed by atoms with Gasteiger partial charge in [-0.2, -0.15) is 0 Å². The van der Waals surface area contributed by atoms with Crippen LogP contribution in [-0.4, -0.2) is 38.9 Å². The van der Waals surface area contributed by atoms with Crippen LogP contribution < -0.4 is 4.72 Å². The molecule has 1 rings (SSSR count). The number of benzene rings is 1. The van der Waals surface area contributed by atoms with Gasteiger partial charge in [-0.3, -0.25) is 4.79 Å². The minimum absolute atomic E-state index is 0.115. The third-order valence-electron chi connectivity index (χ3n) is 3.21. The highest BCUT2D eigenvalue weighted by Gasteiger charge is 2.18. The van der Waals surface area contributed by atoms with Crippen LogP contribution in [0.2, 0.25) is 0 Å². The molecule has 0 aliphatic rings. The average molecular weight is 326 g/mol. The number of nitrogens with zero attached hydrogens (tertiary/aromatic N) is 1.